The molecular weight excluding hydrogens is 314 g/mol. The maximum Gasteiger partial charge on any atom is 2.00 e. The average Bonchev–Trinajstić information content (AvgIpc) is 3.18. The second-order valence-electron chi connectivity index (χ2n) is 4.10. The molecule has 6 heteroatoms. The normalized spacial score (nSPS) is 21.8. The Hall–Kier alpha value is -0.871. The molecule has 10 radical (unpaired) electrons. The largest absolute Gasteiger partial charge is 2.00 e. The number of carbonyl (C=O) groups excluding carboxylic acids is 3. The summed E-state index contributed by atoms with van der Waals surface area (Å²) in [6.45, 7) is 0. The van der Waals surface area contributed by atoms with E-state index in [1.807, 2.05) is 32.1 Å². The predicted octanol–water partition coefficient (Wildman–Crippen LogP) is 1.02. The van der Waals surface area contributed by atoms with E-state index in [9.17, 15) is 14.4 Å². The van der Waals surface area contributed by atoms with Crippen LogP contribution in [0.5, 0.6) is 0 Å². The second-order valence-corrected chi connectivity index (χ2v) is 4.10. The van der Waals surface area contributed by atoms with Gasteiger partial charge in [-0.3, -0.25) is 9.59 Å². The van der Waals surface area contributed by atoms with Gasteiger partial charge in [-0.2, -0.15) is 0 Å². The minimum absolute atomic E-state index is 0. The molecule has 2 amide bonds. The fourth-order valence-corrected chi connectivity index (χ4v) is 1.62. The van der Waals surface area contributed by atoms with Crippen molar-refractivity contribution in [1.29, 1.82) is 0 Å². The first-order chi connectivity index (χ1) is 9.68. The summed E-state index contributed by atoms with van der Waals surface area (Å²) < 4.78 is 0. The van der Waals surface area contributed by atoms with Crippen LogP contribution in [0.2, 0.25) is 0 Å². The van der Waals surface area contributed by atoms with Crippen molar-refractivity contribution in [2.24, 2.45) is 0 Å². The monoisotopic (exact) mass is 327 g/mol. The average molecular weight is 327 g/mol. The van der Waals surface area contributed by atoms with Crippen LogP contribution in [0.15, 0.2) is 0 Å². The molecule has 1 saturated heterocycles. The fourth-order valence-electron chi connectivity index (χ4n) is 1.62. The SMILES string of the molecule is O=C(ON1C(=O)CCC1=O)[C]1[CH][CH][CH][CH]1.[CH]1[CH][CH][CH][CH]1.[Fe+2]. The number of rotatable bonds is 2. The molecule has 2 aliphatic carbocycles. The van der Waals surface area contributed by atoms with Gasteiger partial charge < -0.3 is 4.84 Å². The molecule has 0 aromatic carbocycles. The molecule has 1 heterocycles. The third-order valence-corrected chi connectivity index (χ3v) is 2.63. The van der Waals surface area contributed by atoms with E-state index in [4.69, 9.17) is 0 Å². The smallest absolute Gasteiger partial charge is 0.330 e. The summed E-state index contributed by atoms with van der Waals surface area (Å²) in [5.41, 5.74) is 0. The van der Waals surface area contributed by atoms with Crippen LogP contribution >= 0.6 is 0 Å². The Morgan fingerprint density at radius 3 is 1.71 bits per heavy atom. The quantitative estimate of drug-likeness (QED) is 0.561. The zero-order valence-electron chi connectivity index (χ0n) is 11.0. The van der Waals surface area contributed by atoms with Gasteiger partial charge in [0.1, 0.15) is 0 Å². The standard InChI is InChI=1S/C10H8NO4.C5H5.Fe/c12-8-5-6-9(13)11(8)15-10(14)7-3-1-2-4-7;1-2-4-5-3-1;/h1-4H,5-6H2;1-5H;/q;;+2. The number of imide groups is 1. The van der Waals surface area contributed by atoms with Gasteiger partial charge in [-0.25, -0.2) is 4.79 Å². The second kappa shape index (κ2) is 9.21. The summed E-state index contributed by atoms with van der Waals surface area (Å²) >= 11 is 0. The molecule has 0 spiro atoms. The Morgan fingerprint density at radius 1 is 0.857 bits per heavy atom. The molecule has 0 unspecified atom stereocenters. The molecule has 0 bridgehead atoms. The van der Waals surface area contributed by atoms with Gasteiger partial charge in [-0.05, 0) is 57.8 Å². The summed E-state index contributed by atoms with van der Waals surface area (Å²) in [5.74, 6) is -1.31. The van der Waals surface area contributed by atoms with Crippen molar-refractivity contribution in [3.05, 3.63) is 63.7 Å². The Kier molecular flexibility index (Phi) is 7.97. The Balaban J connectivity index is 0.000000313. The molecule has 108 valence electrons. The fraction of sp³-hybridized carbons (Fsp3) is 0.133. The molecule has 5 nitrogen and oxygen atoms in total. The molecule has 0 N–H and O–H groups in total. The summed E-state index contributed by atoms with van der Waals surface area (Å²) in [5, 5.41) is 0.537. The van der Waals surface area contributed by atoms with Crippen LogP contribution in [0.3, 0.4) is 0 Å². The van der Waals surface area contributed by atoms with Crippen molar-refractivity contribution in [2.45, 2.75) is 12.8 Å². The van der Waals surface area contributed by atoms with Crippen molar-refractivity contribution in [3.63, 3.8) is 0 Å². The van der Waals surface area contributed by atoms with Crippen LogP contribution < -0.4 is 0 Å². The van der Waals surface area contributed by atoms with Crippen LogP contribution in [0.1, 0.15) is 12.8 Å². The first-order valence-electron chi connectivity index (χ1n) is 6.15. The van der Waals surface area contributed by atoms with E-state index in [0.29, 0.717) is 11.0 Å². The maximum atomic E-state index is 11.4. The van der Waals surface area contributed by atoms with Gasteiger partial charge in [0.05, 0.1) is 5.92 Å². The van der Waals surface area contributed by atoms with E-state index in [-0.39, 0.29) is 29.9 Å². The van der Waals surface area contributed by atoms with E-state index >= 15 is 0 Å². The van der Waals surface area contributed by atoms with Crippen LogP contribution in [-0.2, 0) is 36.3 Å². The van der Waals surface area contributed by atoms with Crippen molar-refractivity contribution < 1.29 is 36.3 Å². The molecular formula is C15H13FeNO4+2. The number of hydroxylamine groups is 2. The number of nitrogens with zero attached hydrogens (tertiary/aromatic N) is 1. The molecule has 0 aromatic heterocycles. The molecule has 0 aromatic rings. The third-order valence-electron chi connectivity index (χ3n) is 2.63. The number of carbonyl (C=O) groups is 3. The molecule has 0 atom stereocenters. The molecule has 1 aliphatic heterocycles. The van der Waals surface area contributed by atoms with Gasteiger partial charge in [0.25, 0.3) is 11.8 Å². The Morgan fingerprint density at radius 2 is 1.29 bits per heavy atom. The van der Waals surface area contributed by atoms with Crippen molar-refractivity contribution >= 4 is 17.8 Å². The number of amides is 2. The van der Waals surface area contributed by atoms with E-state index in [0.717, 1.165) is 0 Å². The first-order valence-corrected chi connectivity index (χ1v) is 6.15. The third kappa shape index (κ3) is 5.44. The van der Waals surface area contributed by atoms with Crippen LogP contribution in [0.25, 0.3) is 0 Å². The minimum Gasteiger partial charge on any atom is -0.330 e. The molecule has 21 heavy (non-hydrogen) atoms. The summed E-state index contributed by atoms with van der Waals surface area (Å²) in [7, 11) is 0. The summed E-state index contributed by atoms with van der Waals surface area (Å²) in [6.07, 6.45) is 16.6. The Bertz CT molecular complexity index is 352. The van der Waals surface area contributed by atoms with Gasteiger partial charge in [-0.1, -0.05) is 0 Å². The first kappa shape index (κ1) is 18.2. The van der Waals surface area contributed by atoms with Gasteiger partial charge >= 0.3 is 23.0 Å². The van der Waals surface area contributed by atoms with Crippen LogP contribution in [0, 0.1) is 63.7 Å². The van der Waals surface area contributed by atoms with Gasteiger partial charge in [-0.15, -0.1) is 5.06 Å². The molecule has 3 rings (SSSR count). The van der Waals surface area contributed by atoms with E-state index in [2.05, 4.69) is 4.84 Å². The van der Waals surface area contributed by atoms with Crippen molar-refractivity contribution in [1.82, 2.24) is 5.06 Å². The van der Waals surface area contributed by atoms with Gasteiger partial charge in [0.15, 0.2) is 0 Å². The van der Waals surface area contributed by atoms with E-state index in [1.54, 1.807) is 25.7 Å². The number of hydrogen-bond acceptors (Lipinski definition) is 4. The summed E-state index contributed by atoms with van der Waals surface area (Å²) in [4.78, 5) is 38.3. The molecule has 3 aliphatic rings. The minimum atomic E-state index is -0.691. The summed E-state index contributed by atoms with van der Waals surface area (Å²) in [6, 6.07) is 0. The van der Waals surface area contributed by atoms with Crippen molar-refractivity contribution in [3.8, 4) is 0 Å². The maximum absolute atomic E-state index is 11.4. The number of hydrogen-bond donors (Lipinski definition) is 0. The van der Waals surface area contributed by atoms with Gasteiger partial charge in [0.2, 0.25) is 0 Å². The van der Waals surface area contributed by atoms with Crippen LogP contribution in [0.4, 0.5) is 0 Å². The van der Waals surface area contributed by atoms with Gasteiger partial charge in [0, 0.05) is 12.8 Å². The predicted molar refractivity (Wildman–Crippen MR) is 69.1 cm³/mol. The molecule has 3 fully saturated rings. The topological polar surface area (TPSA) is 63.7 Å². The molecule has 2 saturated carbocycles. The Labute approximate surface area is 136 Å². The van der Waals surface area contributed by atoms with Crippen LogP contribution in [-0.4, -0.2) is 22.8 Å². The van der Waals surface area contributed by atoms with E-state index in [1.165, 1.54) is 0 Å². The van der Waals surface area contributed by atoms with Crippen molar-refractivity contribution in [2.75, 3.05) is 0 Å². The zero-order chi connectivity index (χ0) is 14.4. The van der Waals surface area contributed by atoms with E-state index < -0.39 is 17.8 Å². The zero-order valence-corrected chi connectivity index (χ0v) is 12.1.